The lowest BCUT2D eigenvalue weighted by molar-refractivity contribution is 0.569. The van der Waals surface area contributed by atoms with Gasteiger partial charge in [-0.05, 0) is 69.0 Å². The highest BCUT2D eigenvalue weighted by Gasteiger charge is 2.29. The standard InChI is InChI=1S/C18H29N3/c1-3-10-19-14(2)17-8-9-18(20-11-17)21(12-15-4-5-15)13-16-6-7-16/h8-9,11,14-16,19H,3-7,10,12-13H2,1-2H3. The maximum Gasteiger partial charge on any atom is 0.128 e. The zero-order valence-electron chi connectivity index (χ0n) is 13.5. The number of nitrogens with zero attached hydrogens (tertiary/aromatic N) is 2. The molecule has 21 heavy (non-hydrogen) atoms. The third kappa shape index (κ3) is 4.44. The van der Waals surface area contributed by atoms with Gasteiger partial charge >= 0.3 is 0 Å². The molecule has 1 atom stereocenters. The van der Waals surface area contributed by atoms with E-state index >= 15 is 0 Å². The van der Waals surface area contributed by atoms with E-state index in [4.69, 9.17) is 4.98 Å². The fraction of sp³-hybridized carbons (Fsp3) is 0.722. The molecule has 2 aliphatic carbocycles. The molecule has 3 rings (SSSR count). The summed E-state index contributed by atoms with van der Waals surface area (Å²) < 4.78 is 0. The Bertz CT molecular complexity index is 420. The summed E-state index contributed by atoms with van der Waals surface area (Å²) in [6.07, 6.45) is 8.89. The molecule has 2 saturated carbocycles. The SMILES string of the molecule is CCCNC(C)c1ccc(N(CC2CC2)CC2CC2)nc1. The van der Waals surface area contributed by atoms with Gasteiger partial charge in [-0.2, -0.15) is 0 Å². The third-order valence-electron chi connectivity index (χ3n) is 4.65. The summed E-state index contributed by atoms with van der Waals surface area (Å²) in [5, 5.41) is 3.53. The molecular weight excluding hydrogens is 258 g/mol. The molecule has 1 aromatic heterocycles. The average Bonchev–Trinajstić information content (AvgIpc) is 3.40. The predicted octanol–water partition coefficient (Wildman–Crippen LogP) is 3.77. The molecule has 0 bridgehead atoms. The lowest BCUT2D eigenvalue weighted by Gasteiger charge is -2.24. The van der Waals surface area contributed by atoms with Crippen LogP contribution in [0.3, 0.4) is 0 Å². The Morgan fingerprint density at radius 1 is 1.19 bits per heavy atom. The van der Waals surface area contributed by atoms with Gasteiger partial charge in [0.1, 0.15) is 5.82 Å². The van der Waals surface area contributed by atoms with Crippen LogP contribution >= 0.6 is 0 Å². The predicted molar refractivity (Wildman–Crippen MR) is 88.6 cm³/mol. The minimum Gasteiger partial charge on any atom is -0.356 e. The molecule has 2 fully saturated rings. The molecule has 116 valence electrons. The highest BCUT2D eigenvalue weighted by molar-refractivity contribution is 5.40. The second kappa shape index (κ2) is 6.78. The van der Waals surface area contributed by atoms with Crippen LogP contribution in [-0.2, 0) is 0 Å². The Labute approximate surface area is 129 Å². The number of anilines is 1. The summed E-state index contributed by atoms with van der Waals surface area (Å²) in [4.78, 5) is 7.29. The lowest BCUT2D eigenvalue weighted by atomic mass is 10.1. The summed E-state index contributed by atoms with van der Waals surface area (Å²) >= 11 is 0. The summed E-state index contributed by atoms with van der Waals surface area (Å²) in [5.74, 6) is 3.03. The molecule has 0 radical (unpaired) electrons. The summed E-state index contributed by atoms with van der Waals surface area (Å²) in [6, 6.07) is 4.87. The van der Waals surface area contributed by atoms with Gasteiger partial charge in [0.15, 0.2) is 0 Å². The van der Waals surface area contributed by atoms with Crippen molar-refractivity contribution in [2.75, 3.05) is 24.5 Å². The normalized spacial score (nSPS) is 19.5. The molecule has 3 heteroatoms. The van der Waals surface area contributed by atoms with Crippen molar-refractivity contribution < 1.29 is 0 Å². The van der Waals surface area contributed by atoms with Crippen molar-refractivity contribution >= 4 is 5.82 Å². The molecule has 0 saturated heterocycles. The first kappa shape index (κ1) is 14.8. The van der Waals surface area contributed by atoms with Crippen molar-refractivity contribution in [3.8, 4) is 0 Å². The molecule has 3 nitrogen and oxygen atoms in total. The Kier molecular flexibility index (Phi) is 4.79. The molecule has 1 N–H and O–H groups in total. The monoisotopic (exact) mass is 287 g/mol. The van der Waals surface area contributed by atoms with Crippen LogP contribution < -0.4 is 10.2 Å². The van der Waals surface area contributed by atoms with Crippen LogP contribution in [0.2, 0.25) is 0 Å². The fourth-order valence-corrected chi connectivity index (χ4v) is 2.81. The summed E-state index contributed by atoms with van der Waals surface area (Å²) in [5.41, 5.74) is 1.30. The van der Waals surface area contributed by atoms with E-state index in [0.717, 1.165) is 18.4 Å². The van der Waals surface area contributed by atoms with E-state index in [-0.39, 0.29) is 0 Å². The summed E-state index contributed by atoms with van der Waals surface area (Å²) in [7, 11) is 0. The number of rotatable bonds is 9. The van der Waals surface area contributed by atoms with E-state index in [9.17, 15) is 0 Å². The van der Waals surface area contributed by atoms with Crippen molar-refractivity contribution in [3.63, 3.8) is 0 Å². The molecule has 0 aromatic carbocycles. The highest BCUT2D eigenvalue weighted by Crippen LogP contribution is 2.35. The zero-order valence-corrected chi connectivity index (χ0v) is 13.5. The van der Waals surface area contributed by atoms with Crippen LogP contribution in [0.4, 0.5) is 5.82 Å². The third-order valence-corrected chi connectivity index (χ3v) is 4.65. The van der Waals surface area contributed by atoms with Gasteiger partial charge in [-0.15, -0.1) is 0 Å². The van der Waals surface area contributed by atoms with Gasteiger partial charge in [-0.1, -0.05) is 13.0 Å². The van der Waals surface area contributed by atoms with Crippen LogP contribution in [0, 0.1) is 11.8 Å². The molecule has 1 unspecified atom stereocenters. The van der Waals surface area contributed by atoms with Crippen LogP contribution in [-0.4, -0.2) is 24.6 Å². The van der Waals surface area contributed by atoms with Crippen molar-refractivity contribution in [2.45, 2.75) is 52.0 Å². The Morgan fingerprint density at radius 3 is 2.33 bits per heavy atom. The van der Waals surface area contributed by atoms with Crippen LogP contribution in [0.1, 0.15) is 57.6 Å². The quantitative estimate of drug-likeness (QED) is 0.749. The van der Waals surface area contributed by atoms with Crippen LogP contribution in [0.25, 0.3) is 0 Å². The smallest absolute Gasteiger partial charge is 0.128 e. The number of hydrogen-bond acceptors (Lipinski definition) is 3. The van der Waals surface area contributed by atoms with Gasteiger partial charge in [-0.25, -0.2) is 4.98 Å². The van der Waals surface area contributed by atoms with Gasteiger partial charge in [0, 0.05) is 25.3 Å². The van der Waals surface area contributed by atoms with Gasteiger partial charge in [0.25, 0.3) is 0 Å². The minimum atomic E-state index is 0.395. The van der Waals surface area contributed by atoms with Crippen molar-refractivity contribution in [3.05, 3.63) is 23.9 Å². The van der Waals surface area contributed by atoms with Crippen molar-refractivity contribution in [2.24, 2.45) is 11.8 Å². The van der Waals surface area contributed by atoms with Gasteiger partial charge in [0.05, 0.1) is 0 Å². The van der Waals surface area contributed by atoms with Crippen LogP contribution in [0.15, 0.2) is 18.3 Å². The van der Waals surface area contributed by atoms with Crippen LogP contribution in [0.5, 0.6) is 0 Å². The second-order valence-electron chi connectivity index (χ2n) is 6.92. The van der Waals surface area contributed by atoms with E-state index in [2.05, 4.69) is 42.4 Å². The Hall–Kier alpha value is -1.09. The first-order chi connectivity index (χ1) is 10.3. The Morgan fingerprint density at radius 2 is 1.86 bits per heavy atom. The van der Waals surface area contributed by atoms with Gasteiger partial charge < -0.3 is 10.2 Å². The number of hydrogen-bond donors (Lipinski definition) is 1. The minimum absolute atomic E-state index is 0.395. The fourth-order valence-electron chi connectivity index (χ4n) is 2.81. The Balaban J connectivity index is 1.62. The highest BCUT2D eigenvalue weighted by atomic mass is 15.2. The number of pyridine rings is 1. The van der Waals surface area contributed by atoms with E-state index in [1.807, 2.05) is 0 Å². The topological polar surface area (TPSA) is 28.2 Å². The maximum atomic E-state index is 4.76. The van der Waals surface area contributed by atoms with Crippen molar-refractivity contribution in [1.29, 1.82) is 0 Å². The molecule has 0 amide bonds. The molecule has 1 aromatic rings. The molecule has 1 heterocycles. The second-order valence-corrected chi connectivity index (χ2v) is 6.92. The molecule has 0 spiro atoms. The summed E-state index contributed by atoms with van der Waals surface area (Å²) in [6.45, 7) is 7.92. The van der Waals surface area contributed by atoms with Gasteiger partial charge in [-0.3, -0.25) is 0 Å². The molecule has 2 aliphatic rings. The largest absolute Gasteiger partial charge is 0.356 e. The van der Waals surface area contributed by atoms with E-state index in [1.165, 1.54) is 56.6 Å². The van der Waals surface area contributed by atoms with E-state index in [1.54, 1.807) is 0 Å². The number of nitrogens with one attached hydrogen (secondary N) is 1. The molecule has 0 aliphatic heterocycles. The zero-order chi connectivity index (χ0) is 14.7. The first-order valence-electron chi connectivity index (χ1n) is 8.70. The van der Waals surface area contributed by atoms with Crippen molar-refractivity contribution in [1.82, 2.24) is 10.3 Å². The maximum absolute atomic E-state index is 4.76. The van der Waals surface area contributed by atoms with Gasteiger partial charge in [0.2, 0.25) is 0 Å². The average molecular weight is 287 g/mol. The number of aromatic nitrogens is 1. The van der Waals surface area contributed by atoms with E-state index in [0.29, 0.717) is 6.04 Å². The first-order valence-corrected chi connectivity index (χ1v) is 8.70. The molecular formula is C18H29N3. The lowest BCUT2D eigenvalue weighted by Crippen LogP contribution is -2.29. The van der Waals surface area contributed by atoms with E-state index < -0.39 is 0 Å².